The van der Waals surface area contributed by atoms with Gasteiger partial charge in [0.15, 0.2) is 0 Å². The zero-order valence-corrected chi connectivity index (χ0v) is 12.6. The molecule has 112 valence electrons. The zero-order valence-electron chi connectivity index (χ0n) is 12.6. The Morgan fingerprint density at radius 2 is 1.47 bits per heavy atom. The molecule has 0 aliphatic heterocycles. The predicted molar refractivity (Wildman–Crippen MR) is 72.0 cm³/mol. The van der Waals surface area contributed by atoms with Gasteiger partial charge in [0.25, 0.3) is 0 Å². The highest BCUT2D eigenvalue weighted by Crippen LogP contribution is 2.33. The first kappa shape index (κ1) is 17.9. The number of carboxylic acids is 2. The maximum absolute atomic E-state index is 11.5. The lowest BCUT2D eigenvalue weighted by Gasteiger charge is -2.33. The molecule has 0 fully saturated rings. The molecule has 0 heterocycles. The second-order valence-electron chi connectivity index (χ2n) is 6.51. The molecule has 19 heavy (non-hydrogen) atoms. The molecule has 0 spiro atoms. The molecule has 3 unspecified atom stereocenters. The molecule has 0 bridgehead atoms. The number of carboxylic acid groups (broad SMARTS) is 2. The van der Waals surface area contributed by atoms with Crippen LogP contribution in [0.5, 0.6) is 0 Å². The van der Waals surface area contributed by atoms with Gasteiger partial charge in [-0.3, -0.25) is 9.59 Å². The van der Waals surface area contributed by atoms with Gasteiger partial charge in [0.05, 0.1) is 17.9 Å². The van der Waals surface area contributed by atoms with Gasteiger partial charge >= 0.3 is 11.9 Å². The Labute approximate surface area is 115 Å². The second kappa shape index (κ2) is 6.89. The van der Waals surface area contributed by atoms with Gasteiger partial charge in [-0.25, -0.2) is 0 Å². The van der Waals surface area contributed by atoms with Crippen molar-refractivity contribution in [1.82, 2.24) is 0 Å². The van der Waals surface area contributed by atoms with Gasteiger partial charge in [-0.05, 0) is 17.8 Å². The maximum Gasteiger partial charge on any atom is 0.310 e. The van der Waals surface area contributed by atoms with E-state index in [0.29, 0.717) is 6.42 Å². The largest absolute Gasteiger partial charge is 0.481 e. The number of rotatable bonds is 7. The minimum absolute atomic E-state index is 0.131. The van der Waals surface area contributed by atoms with Gasteiger partial charge in [-0.2, -0.15) is 0 Å². The van der Waals surface area contributed by atoms with Crippen LogP contribution in [0.4, 0.5) is 0 Å². The van der Waals surface area contributed by atoms with Gasteiger partial charge in [0, 0.05) is 7.11 Å². The van der Waals surface area contributed by atoms with E-state index >= 15 is 0 Å². The molecule has 0 aromatic heterocycles. The van der Waals surface area contributed by atoms with Crippen molar-refractivity contribution >= 4 is 11.9 Å². The van der Waals surface area contributed by atoms with Crippen LogP contribution in [0.2, 0.25) is 0 Å². The van der Waals surface area contributed by atoms with Crippen LogP contribution >= 0.6 is 0 Å². The quantitative estimate of drug-likeness (QED) is 0.745. The van der Waals surface area contributed by atoms with E-state index in [-0.39, 0.29) is 11.3 Å². The van der Waals surface area contributed by atoms with Crippen molar-refractivity contribution in [2.75, 3.05) is 7.11 Å². The monoisotopic (exact) mass is 274 g/mol. The Bertz CT molecular complexity index is 316. The van der Waals surface area contributed by atoms with Crippen LogP contribution in [0.15, 0.2) is 0 Å². The molecule has 5 nitrogen and oxygen atoms in total. The summed E-state index contributed by atoms with van der Waals surface area (Å²) in [4.78, 5) is 22.8. The highest BCUT2D eigenvalue weighted by molar-refractivity contribution is 5.80. The fourth-order valence-electron chi connectivity index (χ4n) is 2.36. The molecular formula is C14H26O5. The summed E-state index contributed by atoms with van der Waals surface area (Å²) in [5, 5.41) is 18.7. The lowest BCUT2D eigenvalue weighted by molar-refractivity contribution is -0.163. The molecule has 0 aromatic carbocycles. The van der Waals surface area contributed by atoms with Gasteiger partial charge in [-0.15, -0.1) is 0 Å². The van der Waals surface area contributed by atoms with Gasteiger partial charge in [0.1, 0.15) is 0 Å². The summed E-state index contributed by atoms with van der Waals surface area (Å²) < 4.78 is 5.29. The fraction of sp³-hybridized carbons (Fsp3) is 0.857. The van der Waals surface area contributed by atoms with E-state index in [2.05, 4.69) is 0 Å². The van der Waals surface area contributed by atoms with Crippen LogP contribution in [-0.2, 0) is 14.3 Å². The minimum atomic E-state index is -1.11. The molecule has 3 atom stereocenters. The highest BCUT2D eigenvalue weighted by Gasteiger charge is 2.42. The number of carbonyl (C=O) groups is 2. The van der Waals surface area contributed by atoms with Crippen LogP contribution in [-0.4, -0.2) is 35.4 Å². The first-order valence-corrected chi connectivity index (χ1v) is 6.49. The van der Waals surface area contributed by atoms with E-state index in [9.17, 15) is 19.8 Å². The molecule has 0 rings (SSSR count). The average Bonchev–Trinajstić information content (AvgIpc) is 2.19. The Morgan fingerprint density at radius 1 is 1.05 bits per heavy atom. The second-order valence-corrected chi connectivity index (χ2v) is 6.51. The predicted octanol–water partition coefficient (Wildman–Crippen LogP) is 2.50. The van der Waals surface area contributed by atoms with E-state index in [1.807, 2.05) is 20.8 Å². The molecule has 0 saturated heterocycles. The first-order valence-electron chi connectivity index (χ1n) is 6.49. The normalized spacial score (nSPS) is 17.0. The SMILES string of the molecule is COC(CC(C)(C)C)C(C(=O)O)C(C(=O)O)C(C)C. The summed E-state index contributed by atoms with van der Waals surface area (Å²) in [5.74, 6) is -4.46. The number of hydrogen-bond donors (Lipinski definition) is 2. The summed E-state index contributed by atoms with van der Waals surface area (Å²) in [5.41, 5.74) is -0.131. The third-order valence-electron chi connectivity index (χ3n) is 3.19. The van der Waals surface area contributed by atoms with Crippen molar-refractivity contribution in [1.29, 1.82) is 0 Å². The van der Waals surface area contributed by atoms with E-state index < -0.39 is 29.9 Å². The topological polar surface area (TPSA) is 83.8 Å². The van der Waals surface area contributed by atoms with Crippen LogP contribution in [0.25, 0.3) is 0 Å². The lowest BCUT2D eigenvalue weighted by atomic mass is 9.75. The minimum Gasteiger partial charge on any atom is -0.481 e. The van der Waals surface area contributed by atoms with Gasteiger partial charge < -0.3 is 14.9 Å². The molecule has 2 N–H and O–H groups in total. The summed E-state index contributed by atoms with van der Waals surface area (Å²) in [7, 11) is 1.44. The van der Waals surface area contributed by atoms with E-state index in [0.717, 1.165) is 0 Å². The smallest absolute Gasteiger partial charge is 0.310 e. The Morgan fingerprint density at radius 3 is 1.68 bits per heavy atom. The molecule has 0 saturated carbocycles. The van der Waals surface area contributed by atoms with Crippen molar-refractivity contribution in [3.63, 3.8) is 0 Å². The van der Waals surface area contributed by atoms with E-state index in [1.165, 1.54) is 7.11 Å². The zero-order chi connectivity index (χ0) is 15.4. The van der Waals surface area contributed by atoms with Crippen molar-refractivity contribution < 1.29 is 24.5 Å². The first-order chi connectivity index (χ1) is 8.51. The molecule has 0 aliphatic carbocycles. The van der Waals surface area contributed by atoms with E-state index in [4.69, 9.17) is 4.74 Å². The van der Waals surface area contributed by atoms with Crippen LogP contribution in [0.3, 0.4) is 0 Å². The van der Waals surface area contributed by atoms with Crippen LogP contribution < -0.4 is 0 Å². The van der Waals surface area contributed by atoms with Crippen molar-refractivity contribution in [2.45, 2.75) is 47.1 Å². The Balaban J connectivity index is 5.37. The molecule has 0 radical (unpaired) electrons. The summed E-state index contributed by atoms with van der Waals surface area (Å²) in [6, 6.07) is 0. The summed E-state index contributed by atoms with van der Waals surface area (Å²) in [6.45, 7) is 9.37. The van der Waals surface area contributed by atoms with E-state index in [1.54, 1.807) is 13.8 Å². The van der Waals surface area contributed by atoms with Crippen molar-refractivity contribution in [3.8, 4) is 0 Å². The molecule has 5 heteroatoms. The average molecular weight is 274 g/mol. The molecular weight excluding hydrogens is 248 g/mol. The molecule has 0 amide bonds. The van der Waals surface area contributed by atoms with Crippen LogP contribution in [0.1, 0.15) is 41.0 Å². The fourth-order valence-corrected chi connectivity index (χ4v) is 2.36. The van der Waals surface area contributed by atoms with Gasteiger partial charge in [-0.1, -0.05) is 34.6 Å². The summed E-state index contributed by atoms with van der Waals surface area (Å²) in [6.07, 6.45) is -0.113. The molecule has 0 aliphatic rings. The standard InChI is InChI=1S/C14H26O5/c1-8(2)10(12(15)16)11(13(17)18)9(19-6)7-14(3,4)5/h8-11H,7H2,1-6H3,(H,15,16)(H,17,18). The third-order valence-corrected chi connectivity index (χ3v) is 3.19. The van der Waals surface area contributed by atoms with Crippen molar-refractivity contribution in [3.05, 3.63) is 0 Å². The number of hydrogen-bond acceptors (Lipinski definition) is 3. The molecule has 0 aromatic rings. The maximum atomic E-state index is 11.5. The van der Waals surface area contributed by atoms with Crippen LogP contribution in [0, 0.1) is 23.2 Å². The summed E-state index contributed by atoms with van der Waals surface area (Å²) >= 11 is 0. The number of methoxy groups -OCH3 is 1. The number of ether oxygens (including phenoxy) is 1. The van der Waals surface area contributed by atoms with Gasteiger partial charge in [0.2, 0.25) is 0 Å². The highest BCUT2D eigenvalue weighted by atomic mass is 16.5. The Kier molecular flexibility index (Phi) is 6.49. The lowest BCUT2D eigenvalue weighted by Crippen LogP contribution is -2.43. The third kappa shape index (κ3) is 5.59. The number of aliphatic carboxylic acids is 2. The Hall–Kier alpha value is -1.10. The van der Waals surface area contributed by atoms with Crippen molar-refractivity contribution in [2.24, 2.45) is 23.2 Å².